The van der Waals surface area contributed by atoms with E-state index in [4.69, 9.17) is 4.74 Å². The first-order valence-corrected chi connectivity index (χ1v) is 10.4. The van der Waals surface area contributed by atoms with Crippen LogP contribution in [-0.2, 0) is 19.4 Å². The fraction of sp³-hybridized carbons (Fsp3) is 0.222. The number of benzene rings is 1. The minimum absolute atomic E-state index is 0.141. The van der Waals surface area contributed by atoms with Crippen molar-refractivity contribution in [2.75, 3.05) is 20.2 Å². The molecule has 2 rings (SSSR count). The van der Waals surface area contributed by atoms with Gasteiger partial charge in [-0.1, -0.05) is 24.3 Å². The maximum absolute atomic E-state index is 13.0. The molecule has 27 heavy (non-hydrogen) atoms. The van der Waals surface area contributed by atoms with E-state index < -0.39 is 26.9 Å². The Morgan fingerprint density at radius 2 is 1.85 bits per heavy atom. The van der Waals surface area contributed by atoms with E-state index in [0.717, 1.165) is 11.3 Å². The summed E-state index contributed by atoms with van der Waals surface area (Å²) in [4.78, 5) is 23.6. The number of sulfone groups is 1. The van der Waals surface area contributed by atoms with Crippen LogP contribution in [0.5, 0.6) is 5.75 Å². The average molecular weight is 409 g/mol. The van der Waals surface area contributed by atoms with Crippen LogP contribution in [0, 0.1) is 0 Å². The lowest BCUT2D eigenvalue weighted by Gasteiger charge is -2.18. The van der Waals surface area contributed by atoms with Crippen molar-refractivity contribution in [1.29, 1.82) is 0 Å². The molecule has 0 aliphatic carbocycles. The van der Waals surface area contributed by atoms with Crippen molar-refractivity contribution >= 4 is 33.0 Å². The molecule has 0 saturated heterocycles. The Kier molecular flexibility index (Phi) is 7.14. The van der Waals surface area contributed by atoms with E-state index in [2.05, 4.69) is 17.2 Å². The van der Waals surface area contributed by atoms with Crippen LogP contribution < -0.4 is 15.4 Å². The van der Waals surface area contributed by atoms with E-state index in [9.17, 15) is 18.0 Å². The van der Waals surface area contributed by atoms with Crippen molar-refractivity contribution in [3.63, 3.8) is 0 Å². The normalized spacial score (nSPS) is 12.0. The van der Waals surface area contributed by atoms with Gasteiger partial charge in [-0.25, -0.2) is 8.42 Å². The summed E-state index contributed by atoms with van der Waals surface area (Å²) in [5, 5.41) is 5.36. The van der Waals surface area contributed by atoms with Crippen LogP contribution in [0.15, 0.2) is 58.6 Å². The molecule has 1 atom stereocenters. The van der Waals surface area contributed by atoms with Crippen molar-refractivity contribution in [2.45, 2.75) is 9.46 Å². The third kappa shape index (κ3) is 5.18. The largest absolute Gasteiger partial charge is 0.497 e. The van der Waals surface area contributed by atoms with Gasteiger partial charge in [-0.05, 0) is 29.1 Å². The number of nitrogens with one attached hydrogen (secondary N) is 2. The van der Waals surface area contributed by atoms with Gasteiger partial charge < -0.3 is 15.4 Å². The first kappa shape index (κ1) is 20.7. The van der Waals surface area contributed by atoms with E-state index in [1.165, 1.54) is 19.3 Å². The molecule has 0 radical (unpaired) electrons. The standard InChI is InChI=1S/C18H20N2O5S2/c1-3-10-19-17(21)18(22)20-12-15(13-6-8-14(25-2)9-7-13)27(23,24)16-5-4-11-26-16/h3-9,11,15H,1,10,12H2,2H3,(H,19,21)(H,20,22)/t15-/m1/s1. The Morgan fingerprint density at radius 1 is 1.19 bits per heavy atom. The first-order chi connectivity index (χ1) is 12.9. The number of methoxy groups -OCH3 is 1. The van der Waals surface area contributed by atoms with Crippen LogP contribution in [0.3, 0.4) is 0 Å². The highest BCUT2D eigenvalue weighted by Crippen LogP contribution is 2.32. The maximum Gasteiger partial charge on any atom is 0.309 e. The van der Waals surface area contributed by atoms with Crippen LogP contribution in [0.25, 0.3) is 0 Å². The van der Waals surface area contributed by atoms with Crippen molar-refractivity contribution in [3.8, 4) is 5.75 Å². The third-order valence-electron chi connectivity index (χ3n) is 3.70. The molecule has 0 bridgehead atoms. The molecule has 9 heteroatoms. The molecule has 2 amide bonds. The van der Waals surface area contributed by atoms with Gasteiger partial charge in [0.15, 0.2) is 9.84 Å². The molecule has 2 N–H and O–H groups in total. The Hall–Kier alpha value is -2.65. The van der Waals surface area contributed by atoms with Crippen LogP contribution >= 0.6 is 11.3 Å². The van der Waals surface area contributed by atoms with Gasteiger partial charge in [-0.15, -0.1) is 17.9 Å². The molecule has 144 valence electrons. The highest BCUT2D eigenvalue weighted by Gasteiger charge is 2.31. The second-order valence-corrected chi connectivity index (χ2v) is 8.75. The van der Waals surface area contributed by atoms with E-state index in [0.29, 0.717) is 11.3 Å². The summed E-state index contributed by atoms with van der Waals surface area (Å²) in [6.45, 7) is 3.34. The lowest BCUT2D eigenvalue weighted by molar-refractivity contribution is -0.139. The SMILES string of the molecule is C=CCNC(=O)C(=O)NC[C@H](c1ccc(OC)cc1)S(=O)(=O)c1cccs1. The van der Waals surface area contributed by atoms with Gasteiger partial charge in [0.25, 0.3) is 0 Å². The zero-order valence-corrected chi connectivity index (χ0v) is 16.3. The average Bonchev–Trinajstić information content (AvgIpc) is 3.22. The van der Waals surface area contributed by atoms with Crippen molar-refractivity contribution in [1.82, 2.24) is 10.6 Å². The van der Waals surface area contributed by atoms with Crippen molar-refractivity contribution in [3.05, 3.63) is 60.0 Å². The summed E-state index contributed by atoms with van der Waals surface area (Å²) in [6, 6.07) is 9.69. The zero-order chi connectivity index (χ0) is 19.9. The van der Waals surface area contributed by atoms with Crippen molar-refractivity contribution < 1.29 is 22.7 Å². The second kappa shape index (κ2) is 9.33. The number of hydrogen-bond donors (Lipinski definition) is 2. The van der Waals surface area contributed by atoms with E-state index >= 15 is 0 Å². The zero-order valence-electron chi connectivity index (χ0n) is 14.7. The number of thiophene rings is 1. The predicted molar refractivity (Wildman–Crippen MR) is 103 cm³/mol. The fourth-order valence-electron chi connectivity index (χ4n) is 2.30. The van der Waals surface area contributed by atoms with Crippen molar-refractivity contribution in [2.24, 2.45) is 0 Å². The van der Waals surface area contributed by atoms with Gasteiger partial charge in [0, 0.05) is 13.1 Å². The van der Waals surface area contributed by atoms with E-state index in [1.807, 2.05) is 0 Å². The lowest BCUT2D eigenvalue weighted by Crippen LogP contribution is -2.42. The summed E-state index contributed by atoms with van der Waals surface area (Å²) in [6.07, 6.45) is 1.44. The van der Waals surface area contributed by atoms with Crippen LogP contribution in [0.1, 0.15) is 10.8 Å². The summed E-state index contributed by atoms with van der Waals surface area (Å²) >= 11 is 1.10. The maximum atomic E-state index is 13.0. The second-order valence-electron chi connectivity index (χ2n) is 5.45. The number of ether oxygens (including phenoxy) is 1. The smallest absolute Gasteiger partial charge is 0.309 e. The molecular formula is C18H20N2O5S2. The molecule has 1 heterocycles. The quantitative estimate of drug-likeness (QED) is 0.511. The van der Waals surface area contributed by atoms with E-state index in [1.54, 1.807) is 35.7 Å². The van der Waals surface area contributed by atoms with Gasteiger partial charge in [0.1, 0.15) is 15.2 Å². The lowest BCUT2D eigenvalue weighted by atomic mass is 10.1. The monoisotopic (exact) mass is 408 g/mol. The molecule has 0 spiro atoms. The molecule has 0 unspecified atom stereocenters. The third-order valence-corrected chi connectivity index (χ3v) is 7.23. The van der Waals surface area contributed by atoms with E-state index in [-0.39, 0.29) is 17.3 Å². The molecule has 0 aliphatic rings. The summed E-state index contributed by atoms with van der Waals surface area (Å²) in [7, 11) is -2.24. The number of hydrogen-bond acceptors (Lipinski definition) is 6. The first-order valence-electron chi connectivity index (χ1n) is 7.98. The van der Waals surface area contributed by atoms with Gasteiger partial charge in [-0.3, -0.25) is 9.59 Å². The topological polar surface area (TPSA) is 102 Å². The molecule has 7 nitrogen and oxygen atoms in total. The molecule has 1 aromatic heterocycles. The Labute approximate surface area is 162 Å². The van der Waals surface area contributed by atoms with Crippen LogP contribution in [0.2, 0.25) is 0 Å². The minimum atomic E-state index is -3.75. The Morgan fingerprint density at radius 3 is 2.41 bits per heavy atom. The highest BCUT2D eigenvalue weighted by atomic mass is 32.2. The summed E-state index contributed by atoms with van der Waals surface area (Å²) < 4.78 is 31.3. The number of amides is 2. The molecule has 0 saturated carbocycles. The van der Waals surface area contributed by atoms with Gasteiger partial charge in [0.05, 0.1) is 7.11 Å². The predicted octanol–water partition coefficient (Wildman–Crippen LogP) is 1.69. The minimum Gasteiger partial charge on any atom is -0.497 e. The number of rotatable bonds is 8. The van der Waals surface area contributed by atoms with Crippen LogP contribution in [0.4, 0.5) is 0 Å². The molecule has 0 fully saturated rings. The Balaban J connectivity index is 2.26. The molecule has 2 aromatic rings. The highest BCUT2D eigenvalue weighted by molar-refractivity contribution is 7.93. The fourth-order valence-corrected chi connectivity index (χ4v) is 5.17. The van der Waals surface area contributed by atoms with Gasteiger partial charge >= 0.3 is 11.8 Å². The molecule has 1 aromatic carbocycles. The van der Waals surface area contributed by atoms with Gasteiger partial charge in [0.2, 0.25) is 0 Å². The number of carbonyl (C=O) groups excluding carboxylic acids is 2. The molecule has 0 aliphatic heterocycles. The van der Waals surface area contributed by atoms with Gasteiger partial charge in [-0.2, -0.15) is 0 Å². The summed E-state index contributed by atoms with van der Waals surface area (Å²) in [5.41, 5.74) is 0.482. The Bertz CT molecular complexity index is 890. The number of carbonyl (C=O) groups is 2. The van der Waals surface area contributed by atoms with Crippen LogP contribution in [-0.4, -0.2) is 40.4 Å². The summed E-state index contributed by atoms with van der Waals surface area (Å²) in [5.74, 6) is -1.17. The molecular weight excluding hydrogens is 388 g/mol.